The highest BCUT2D eigenvalue weighted by Crippen LogP contribution is 2.49. The summed E-state index contributed by atoms with van der Waals surface area (Å²) in [4.78, 5) is 0. The van der Waals surface area contributed by atoms with E-state index >= 15 is 0 Å². The zero-order valence-electron chi connectivity index (χ0n) is 21.6. The molecule has 0 radical (unpaired) electrons. The van der Waals surface area contributed by atoms with Crippen LogP contribution in [0.25, 0.3) is 71.3 Å². The molecule has 0 atom stereocenters. The molecule has 1 aliphatic rings. The second-order valence-corrected chi connectivity index (χ2v) is 10.5. The lowest BCUT2D eigenvalue weighted by molar-refractivity contribution is 0.487. The lowest BCUT2D eigenvalue weighted by Gasteiger charge is -2.22. The summed E-state index contributed by atoms with van der Waals surface area (Å²) in [5, 5.41) is 7.39. The van der Waals surface area contributed by atoms with Crippen LogP contribution in [0.3, 0.4) is 0 Å². The van der Waals surface area contributed by atoms with Gasteiger partial charge >= 0.3 is 0 Å². The Morgan fingerprint density at radius 3 is 1.98 bits per heavy atom. The summed E-state index contributed by atoms with van der Waals surface area (Å²) >= 11 is 0. The highest BCUT2D eigenvalue weighted by molar-refractivity contribution is 6.20. The maximum atomic E-state index is 6.40. The Bertz CT molecular complexity index is 2300. The van der Waals surface area contributed by atoms with Crippen LogP contribution in [0.2, 0.25) is 0 Å². The summed E-state index contributed by atoms with van der Waals surface area (Å²) in [5.74, 6) is 1.83. The lowest BCUT2D eigenvalue weighted by Crippen LogP contribution is -1.97. The molecule has 0 amide bonds. The number of fused-ring (bicyclic) bond motifs is 6. The quantitative estimate of drug-likeness (QED) is 0.226. The molecule has 0 unspecified atom stereocenters. The molecule has 186 valence electrons. The normalized spacial score (nSPS) is 12.2. The van der Waals surface area contributed by atoms with Gasteiger partial charge in [0.25, 0.3) is 0 Å². The van der Waals surface area contributed by atoms with E-state index in [2.05, 4.69) is 132 Å². The first kappa shape index (κ1) is 21.6. The summed E-state index contributed by atoms with van der Waals surface area (Å²) in [6, 6.07) is 50.0. The predicted molar refractivity (Wildman–Crippen MR) is 167 cm³/mol. The Morgan fingerprint density at radius 1 is 0.375 bits per heavy atom. The van der Waals surface area contributed by atoms with Gasteiger partial charge in [0.05, 0.1) is 16.7 Å². The largest absolute Gasteiger partial charge is 0.456 e. The van der Waals surface area contributed by atoms with Gasteiger partial charge in [-0.2, -0.15) is 0 Å². The van der Waals surface area contributed by atoms with Crippen molar-refractivity contribution >= 4 is 43.4 Å². The van der Waals surface area contributed by atoms with Crippen LogP contribution in [-0.2, 0) is 0 Å². The molecule has 0 saturated heterocycles. The number of ether oxygens (including phenoxy) is 1. The highest BCUT2D eigenvalue weighted by atomic mass is 16.5. The number of para-hydroxylation sites is 2. The molecule has 2 nitrogen and oxygen atoms in total. The van der Waals surface area contributed by atoms with Crippen LogP contribution in [0, 0.1) is 0 Å². The minimum absolute atomic E-state index is 0.913. The Morgan fingerprint density at radius 2 is 1.02 bits per heavy atom. The van der Waals surface area contributed by atoms with Gasteiger partial charge < -0.3 is 9.30 Å². The van der Waals surface area contributed by atoms with Gasteiger partial charge in [-0.05, 0) is 57.8 Å². The maximum Gasteiger partial charge on any atom is 0.135 e. The predicted octanol–water partition coefficient (Wildman–Crippen LogP) is 10.5. The second kappa shape index (κ2) is 8.08. The Balaban J connectivity index is 1.39. The van der Waals surface area contributed by atoms with Crippen molar-refractivity contribution in [1.29, 1.82) is 0 Å². The Labute approximate surface area is 231 Å². The van der Waals surface area contributed by atoms with E-state index in [1.54, 1.807) is 0 Å². The van der Waals surface area contributed by atoms with Gasteiger partial charge in [-0.3, -0.25) is 0 Å². The molecule has 0 saturated carbocycles. The molecule has 1 aliphatic heterocycles. The number of hydrogen-bond donors (Lipinski definition) is 0. The average Bonchev–Trinajstić information content (AvgIpc) is 3.36. The number of benzene rings is 7. The van der Waals surface area contributed by atoms with Crippen LogP contribution in [0.15, 0.2) is 140 Å². The molecule has 7 aromatic carbocycles. The Kier molecular flexibility index (Phi) is 4.36. The summed E-state index contributed by atoms with van der Waals surface area (Å²) in [5.41, 5.74) is 8.43. The third-order valence-corrected chi connectivity index (χ3v) is 8.39. The molecule has 9 rings (SSSR count). The van der Waals surface area contributed by atoms with E-state index in [1.165, 1.54) is 65.7 Å². The fourth-order valence-corrected chi connectivity index (χ4v) is 6.72. The van der Waals surface area contributed by atoms with E-state index in [0.29, 0.717) is 0 Å². The smallest absolute Gasteiger partial charge is 0.135 e. The summed E-state index contributed by atoms with van der Waals surface area (Å²) in [6.07, 6.45) is 0. The molecular weight excluding hydrogens is 486 g/mol. The summed E-state index contributed by atoms with van der Waals surface area (Å²) in [7, 11) is 0. The molecule has 0 spiro atoms. The van der Waals surface area contributed by atoms with Gasteiger partial charge in [-0.25, -0.2) is 0 Å². The van der Waals surface area contributed by atoms with E-state index in [-0.39, 0.29) is 0 Å². The van der Waals surface area contributed by atoms with Crippen molar-refractivity contribution in [3.05, 3.63) is 140 Å². The summed E-state index contributed by atoms with van der Waals surface area (Å²) < 4.78 is 8.83. The van der Waals surface area contributed by atoms with Crippen molar-refractivity contribution in [2.24, 2.45) is 0 Å². The van der Waals surface area contributed by atoms with E-state index in [0.717, 1.165) is 17.1 Å². The van der Waals surface area contributed by atoms with Crippen molar-refractivity contribution in [3.63, 3.8) is 0 Å². The van der Waals surface area contributed by atoms with E-state index < -0.39 is 0 Å². The third-order valence-electron chi connectivity index (χ3n) is 8.39. The molecule has 40 heavy (non-hydrogen) atoms. The topological polar surface area (TPSA) is 14.2 Å². The number of hydrogen-bond acceptors (Lipinski definition) is 1. The molecule has 0 N–H and O–H groups in total. The van der Waals surface area contributed by atoms with Crippen LogP contribution in [0.4, 0.5) is 0 Å². The molecule has 2 heteroatoms. The minimum atomic E-state index is 0.913. The maximum absolute atomic E-state index is 6.40. The molecule has 0 bridgehead atoms. The molecule has 0 aliphatic carbocycles. The standard InChI is InChI=1S/C38H23NO/c1-2-12-25-24(10-1)11-7-19-32(25)39-33-18-5-3-14-31(33)37-28(17-9-20-34(37)39)26-22-23-36-38-29(26)15-8-16-30(38)27-13-4-6-21-35(27)40-36/h1-23H. The van der Waals surface area contributed by atoms with Crippen LogP contribution in [0.5, 0.6) is 11.5 Å². The van der Waals surface area contributed by atoms with Crippen LogP contribution in [-0.4, -0.2) is 4.57 Å². The van der Waals surface area contributed by atoms with E-state index in [9.17, 15) is 0 Å². The van der Waals surface area contributed by atoms with Gasteiger partial charge in [-0.15, -0.1) is 0 Å². The van der Waals surface area contributed by atoms with Crippen molar-refractivity contribution in [1.82, 2.24) is 4.57 Å². The average molecular weight is 510 g/mol. The number of aromatic nitrogens is 1. The third kappa shape index (κ3) is 2.88. The molecule has 2 heterocycles. The van der Waals surface area contributed by atoms with Crippen LogP contribution in [0.1, 0.15) is 0 Å². The minimum Gasteiger partial charge on any atom is -0.456 e. The number of nitrogens with zero attached hydrogens (tertiary/aromatic N) is 1. The summed E-state index contributed by atoms with van der Waals surface area (Å²) in [6.45, 7) is 0. The first-order chi connectivity index (χ1) is 19.9. The SMILES string of the molecule is c1ccc2c(c1)Oc1ccc(-c3cccc4c3c3ccccc3n4-c3cccc4ccccc34)c3cccc-2c13. The molecule has 8 aromatic rings. The van der Waals surface area contributed by atoms with Gasteiger partial charge in [0, 0.05) is 27.1 Å². The molecular formula is C38H23NO. The lowest BCUT2D eigenvalue weighted by atomic mass is 9.89. The number of rotatable bonds is 2. The van der Waals surface area contributed by atoms with E-state index in [4.69, 9.17) is 4.74 Å². The van der Waals surface area contributed by atoms with Gasteiger partial charge in [-0.1, -0.05) is 109 Å². The second-order valence-electron chi connectivity index (χ2n) is 10.5. The monoisotopic (exact) mass is 509 g/mol. The van der Waals surface area contributed by atoms with Crippen LogP contribution < -0.4 is 4.74 Å². The zero-order chi connectivity index (χ0) is 26.2. The molecule has 1 aromatic heterocycles. The van der Waals surface area contributed by atoms with E-state index in [1.807, 2.05) is 12.1 Å². The van der Waals surface area contributed by atoms with Crippen LogP contribution >= 0.6 is 0 Å². The fraction of sp³-hybridized carbons (Fsp3) is 0. The molecule has 0 fully saturated rings. The van der Waals surface area contributed by atoms with Crippen molar-refractivity contribution in [3.8, 4) is 39.4 Å². The fourth-order valence-electron chi connectivity index (χ4n) is 6.72. The Hall–Kier alpha value is -5.34. The first-order valence-corrected chi connectivity index (χ1v) is 13.7. The van der Waals surface area contributed by atoms with Crippen molar-refractivity contribution < 1.29 is 4.74 Å². The highest BCUT2D eigenvalue weighted by Gasteiger charge is 2.23. The van der Waals surface area contributed by atoms with Gasteiger partial charge in [0.2, 0.25) is 0 Å². The van der Waals surface area contributed by atoms with Gasteiger partial charge in [0.15, 0.2) is 0 Å². The van der Waals surface area contributed by atoms with Crippen molar-refractivity contribution in [2.45, 2.75) is 0 Å². The van der Waals surface area contributed by atoms with Gasteiger partial charge in [0.1, 0.15) is 11.5 Å². The zero-order valence-corrected chi connectivity index (χ0v) is 21.6. The van der Waals surface area contributed by atoms with Crippen molar-refractivity contribution in [2.75, 3.05) is 0 Å². The first-order valence-electron chi connectivity index (χ1n) is 13.7.